The number of nitrogens with zero attached hydrogens (tertiary/aromatic N) is 2. The first-order chi connectivity index (χ1) is 24.5. The number of carbonyl (C=O) groups excluding carboxylic acids is 1. The van der Waals surface area contributed by atoms with Gasteiger partial charge in [-0.3, -0.25) is 4.99 Å². The van der Waals surface area contributed by atoms with Crippen LogP contribution in [0.4, 0.5) is 0 Å². The van der Waals surface area contributed by atoms with E-state index in [0.717, 1.165) is 19.3 Å². The molecule has 1 saturated heterocycles. The monoisotopic (exact) mass is 722 g/mol. The van der Waals surface area contributed by atoms with Crippen molar-refractivity contribution in [3.63, 3.8) is 0 Å². The van der Waals surface area contributed by atoms with Crippen LogP contribution in [-0.2, 0) is 28.5 Å². The Labute approximate surface area is 295 Å². The van der Waals surface area contributed by atoms with Crippen LogP contribution in [0.2, 0.25) is 0 Å². The number of nitrogens with one attached hydrogen (secondary N) is 1. The first-order valence-corrected chi connectivity index (χ1v) is 17.1. The van der Waals surface area contributed by atoms with E-state index in [0.29, 0.717) is 24.8 Å². The molecule has 4 rings (SSSR count). The number of guanidine groups is 1. The lowest BCUT2D eigenvalue weighted by Crippen LogP contribution is -2.60. The highest BCUT2D eigenvalue weighted by atomic mass is 16.8. The van der Waals surface area contributed by atoms with E-state index in [9.17, 15) is 40.2 Å². The SMILES string of the molecule is C=CC1C(OC2OC(CO)C(O)C(O)C2O)OC=C(C(=O)OC2CCCCC2)C1C=CC1=C(NC(N)=NCCCO)C(C(=O)O)=CN(CCO)C1. The van der Waals surface area contributed by atoms with E-state index in [4.69, 9.17) is 29.8 Å². The zero-order valence-electron chi connectivity index (χ0n) is 28.3. The number of rotatable bonds is 15. The van der Waals surface area contributed by atoms with Crippen molar-refractivity contribution >= 4 is 17.9 Å². The van der Waals surface area contributed by atoms with E-state index in [1.807, 2.05) is 0 Å². The normalized spacial score (nSPS) is 30.8. The second-order valence-electron chi connectivity index (χ2n) is 12.7. The van der Waals surface area contributed by atoms with Gasteiger partial charge in [0.1, 0.15) is 30.5 Å². The molecule has 8 atom stereocenters. The molecule has 0 aromatic carbocycles. The van der Waals surface area contributed by atoms with Crippen LogP contribution in [0.15, 0.2) is 64.7 Å². The minimum absolute atomic E-state index is 0.0909. The molecule has 0 amide bonds. The molecule has 0 aromatic heterocycles. The summed E-state index contributed by atoms with van der Waals surface area (Å²) >= 11 is 0. The fraction of sp³-hybridized carbons (Fsp3) is 0.618. The van der Waals surface area contributed by atoms with Crippen LogP contribution < -0.4 is 11.1 Å². The molecule has 8 unspecified atom stereocenters. The van der Waals surface area contributed by atoms with Gasteiger partial charge in [-0.15, -0.1) is 6.58 Å². The maximum Gasteiger partial charge on any atom is 0.339 e. The number of esters is 1. The Bertz CT molecular complexity index is 1370. The number of hydrogen-bond donors (Lipinski definition) is 9. The van der Waals surface area contributed by atoms with Crippen molar-refractivity contribution in [2.75, 3.05) is 39.5 Å². The summed E-state index contributed by atoms with van der Waals surface area (Å²) in [5.41, 5.74) is 6.54. The van der Waals surface area contributed by atoms with Gasteiger partial charge >= 0.3 is 11.9 Å². The van der Waals surface area contributed by atoms with Gasteiger partial charge in [-0.1, -0.05) is 24.6 Å². The summed E-state index contributed by atoms with van der Waals surface area (Å²) in [6.45, 7) is 3.29. The van der Waals surface area contributed by atoms with Gasteiger partial charge in [-0.25, -0.2) is 9.59 Å². The van der Waals surface area contributed by atoms with Gasteiger partial charge in [0.25, 0.3) is 0 Å². The summed E-state index contributed by atoms with van der Waals surface area (Å²) in [6, 6.07) is 0. The van der Waals surface area contributed by atoms with E-state index in [1.54, 1.807) is 17.1 Å². The lowest BCUT2D eigenvalue weighted by molar-refractivity contribution is -0.338. The number of carboxylic acid groups (broad SMARTS) is 1. The van der Waals surface area contributed by atoms with Crippen LogP contribution in [0.1, 0.15) is 38.5 Å². The Morgan fingerprint density at radius 3 is 2.47 bits per heavy atom. The number of aliphatic hydroxyl groups is 6. The summed E-state index contributed by atoms with van der Waals surface area (Å²) < 4.78 is 23.2. The molecular formula is C34H50N4O13. The Balaban J connectivity index is 1.73. The van der Waals surface area contributed by atoms with Crippen molar-refractivity contribution in [1.29, 1.82) is 0 Å². The summed E-state index contributed by atoms with van der Waals surface area (Å²) in [6.07, 6.45) is 2.49. The van der Waals surface area contributed by atoms with Gasteiger partial charge in [-0.05, 0) is 37.7 Å². The number of carbonyl (C=O) groups is 2. The summed E-state index contributed by atoms with van der Waals surface area (Å²) in [5, 5.41) is 72.6. The molecule has 10 N–H and O–H groups in total. The standard InChI is InChI=1S/C34H50N4O13/c1-2-21-22(10-9-19-15-38(12-14-40)16-23(30(45)46)26(19)37-34(35)36-11-6-13-39)24(31(47)49-20-7-4-3-5-8-20)18-48-32(21)51-33-29(44)28(43)27(42)25(17-41)50-33/h2,9-10,16,18,20-22,25,27-29,32-33,39-44H,1,3-8,11-15,17H2,(H,45,46)(H3,35,36,37). The van der Waals surface area contributed by atoms with Gasteiger partial charge in [0.2, 0.25) is 6.29 Å². The smallest absolute Gasteiger partial charge is 0.339 e. The molecule has 1 saturated carbocycles. The Morgan fingerprint density at radius 2 is 1.82 bits per heavy atom. The molecule has 2 fully saturated rings. The number of aliphatic carboxylic acids is 1. The van der Waals surface area contributed by atoms with Gasteiger partial charge in [0.05, 0.1) is 42.2 Å². The van der Waals surface area contributed by atoms with E-state index < -0.39 is 67.4 Å². The molecule has 3 heterocycles. The molecule has 0 aromatic rings. The predicted molar refractivity (Wildman–Crippen MR) is 180 cm³/mol. The number of hydrogen-bond acceptors (Lipinski definition) is 14. The molecule has 17 nitrogen and oxygen atoms in total. The Hall–Kier alpha value is -3.81. The number of allylic oxidation sites excluding steroid dienone is 1. The first-order valence-electron chi connectivity index (χ1n) is 17.1. The number of carboxylic acids is 1. The second kappa shape index (κ2) is 19.1. The van der Waals surface area contributed by atoms with Crippen LogP contribution in [0.3, 0.4) is 0 Å². The highest BCUT2D eigenvalue weighted by Crippen LogP contribution is 2.37. The van der Waals surface area contributed by atoms with Crippen LogP contribution >= 0.6 is 0 Å². The van der Waals surface area contributed by atoms with Gasteiger partial charge in [0, 0.05) is 38.4 Å². The number of aliphatic imine (C=N–C) groups is 1. The summed E-state index contributed by atoms with van der Waals surface area (Å²) in [7, 11) is 0. The third-order valence-electron chi connectivity index (χ3n) is 9.12. The van der Waals surface area contributed by atoms with Crippen molar-refractivity contribution in [3.05, 3.63) is 59.7 Å². The number of β-amino-alcohol motifs (C(OH)–C–C–N with tert-alkyl or cyclic N) is 1. The lowest BCUT2D eigenvalue weighted by atomic mass is 9.83. The third-order valence-corrected chi connectivity index (χ3v) is 9.12. The van der Waals surface area contributed by atoms with Crippen LogP contribution in [0, 0.1) is 11.8 Å². The minimum atomic E-state index is -1.73. The zero-order chi connectivity index (χ0) is 37.1. The van der Waals surface area contributed by atoms with Gasteiger partial charge in [0.15, 0.2) is 12.2 Å². The summed E-state index contributed by atoms with van der Waals surface area (Å²) in [5.74, 6) is -3.74. The predicted octanol–water partition coefficient (Wildman–Crippen LogP) is -1.29. The molecule has 0 spiro atoms. The minimum Gasteiger partial charge on any atom is -0.478 e. The van der Waals surface area contributed by atoms with Crippen molar-refractivity contribution in [1.82, 2.24) is 10.2 Å². The highest BCUT2D eigenvalue weighted by molar-refractivity contribution is 5.95. The fourth-order valence-corrected chi connectivity index (χ4v) is 6.34. The highest BCUT2D eigenvalue weighted by Gasteiger charge is 2.47. The molecule has 3 aliphatic heterocycles. The molecule has 0 radical (unpaired) electrons. The maximum absolute atomic E-state index is 13.7. The molecular weight excluding hydrogens is 672 g/mol. The van der Waals surface area contributed by atoms with Crippen LogP contribution in [0.5, 0.6) is 0 Å². The van der Waals surface area contributed by atoms with Crippen LogP contribution in [-0.4, -0.2) is 141 Å². The van der Waals surface area contributed by atoms with E-state index in [1.165, 1.54) is 18.5 Å². The molecule has 0 bridgehead atoms. The van der Waals surface area contributed by atoms with Crippen LogP contribution in [0.25, 0.3) is 0 Å². The Kier molecular flexibility index (Phi) is 15.0. The first kappa shape index (κ1) is 40.0. The van der Waals surface area contributed by atoms with E-state index >= 15 is 0 Å². The van der Waals surface area contributed by atoms with Crippen molar-refractivity contribution < 1.29 is 64.3 Å². The molecule has 284 valence electrons. The van der Waals surface area contributed by atoms with E-state index in [2.05, 4.69) is 16.9 Å². The summed E-state index contributed by atoms with van der Waals surface area (Å²) in [4.78, 5) is 31.8. The Morgan fingerprint density at radius 1 is 1.08 bits per heavy atom. The third kappa shape index (κ3) is 10.2. The maximum atomic E-state index is 13.7. The molecule has 4 aliphatic rings. The number of aliphatic hydroxyl groups excluding tert-OH is 6. The molecule has 17 heteroatoms. The van der Waals surface area contributed by atoms with E-state index in [-0.39, 0.29) is 61.8 Å². The number of nitrogens with two attached hydrogens (primary N) is 1. The second-order valence-corrected chi connectivity index (χ2v) is 12.7. The lowest BCUT2D eigenvalue weighted by Gasteiger charge is -2.42. The van der Waals surface area contributed by atoms with Gasteiger partial charge in [-0.2, -0.15) is 0 Å². The average molecular weight is 723 g/mol. The quantitative estimate of drug-likeness (QED) is 0.0313. The number of ether oxygens (including phenoxy) is 4. The van der Waals surface area contributed by atoms with Crippen molar-refractivity contribution in [3.8, 4) is 0 Å². The average Bonchev–Trinajstić information content (AvgIpc) is 3.12. The molecule has 1 aliphatic carbocycles. The largest absolute Gasteiger partial charge is 0.478 e. The van der Waals surface area contributed by atoms with Crippen molar-refractivity contribution in [2.45, 2.75) is 81.6 Å². The molecule has 51 heavy (non-hydrogen) atoms. The fourth-order valence-electron chi connectivity index (χ4n) is 6.34. The van der Waals surface area contributed by atoms with Gasteiger partial charge < -0.3 is 70.6 Å². The zero-order valence-corrected chi connectivity index (χ0v) is 28.3. The topological polar surface area (TPSA) is 266 Å². The van der Waals surface area contributed by atoms with Crippen molar-refractivity contribution in [2.24, 2.45) is 22.6 Å².